The maximum atomic E-state index is 13.4. The minimum Gasteiger partial charge on any atom is -0.456 e. The van der Waals surface area contributed by atoms with Crippen LogP contribution in [0.3, 0.4) is 0 Å². The molecule has 0 atom stereocenters. The molecule has 11 aromatic carbocycles. The van der Waals surface area contributed by atoms with Crippen molar-refractivity contribution < 1.29 is 9.15 Å². The van der Waals surface area contributed by atoms with E-state index in [2.05, 4.69) is 220 Å². The van der Waals surface area contributed by atoms with Crippen LogP contribution in [0.2, 0.25) is 0 Å². The van der Waals surface area contributed by atoms with Gasteiger partial charge in [0.05, 0.1) is 44.2 Å². The molecule has 0 aliphatic carbocycles. The molecule has 1 aliphatic heterocycles. The third kappa shape index (κ3) is 6.47. The van der Waals surface area contributed by atoms with Gasteiger partial charge >= 0.3 is 0 Å². The van der Waals surface area contributed by atoms with Crippen LogP contribution in [0.1, 0.15) is 0 Å². The minimum atomic E-state index is -0.0258. The number of rotatable bonds is 6. The van der Waals surface area contributed by atoms with E-state index in [1.165, 1.54) is 32.6 Å². The van der Waals surface area contributed by atoms with E-state index in [-0.39, 0.29) is 5.43 Å². The van der Waals surface area contributed by atoms with Gasteiger partial charge in [0.1, 0.15) is 11.2 Å². The SMILES string of the molecule is O=c1c2ccccc2oc2cc(-c3ccc(N4c5ccc(-c6ccc7c(c6)c6ccccc6n7-c6ccccc6)cc5Oc5cc(-c6ccc7c(c6)c6ccccc6n7-c6ccccc6)ccc54)cc3)ccc12. The zero-order valence-corrected chi connectivity index (χ0v) is 39.2. The Hall–Kier alpha value is -9.91. The topological polar surface area (TPSA) is 52.5 Å². The lowest BCUT2D eigenvalue weighted by molar-refractivity contribution is 0.477. The summed E-state index contributed by atoms with van der Waals surface area (Å²) in [5, 5.41) is 5.95. The van der Waals surface area contributed by atoms with E-state index in [0.717, 1.165) is 84.4 Å². The Bertz CT molecular complexity index is 4400. The molecule has 6 heteroatoms. The minimum absolute atomic E-state index is 0.0258. The van der Waals surface area contributed by atoms with Gasteiger partial charge in [-0.3, -0.25) is 4.79 Å². The summed E-state index contributed by atoms with van der Waals surface area (Å²) in [7, 11) is 0. The lowest BCUT2D eigenvalue weighted by Gasteiger charge is -2.33. The molecule has 0 saturated heterocycles. The number of anilines is 3. The molecule has 0 N–H and O–H groups in total. The number of ether oxygens (including phenoxy) is 1. The predicted octanol–water partition coefficient (Wildman–Crippen LogP) is 17.7. The van der Waals surface area contributed by atoms with Crippen LogP contribution in [-0.2, 0) is 0 Å². The van der Waals surface area contributed by atoms with Crippen molar-refractivity contribution in [3.63, 3.8) is 0 Å². The third-order valence-corrected chi connectivity index (χ3v) is 14.7. The van der Waals surface area contributed by atoms with Crippen LogP contribution < -0.4 is 15.1 Å². The summed E-state index contributed by atoms with van der Waals surface area (Å²) < 4.78 is 18.0. The van der Waals surface area contributed by atoms with Gasteiger partial charge in [0.15, 0.2) is 11.5 Å². The highest BCUT2D eigenvalue weighted by atomic mass is 16.5. The van der Waals surface area contributed by atoms with E-state index in [0.29, 0.717) is 21.9 Å². The van der Waals surface area contributed by atoms with Gasteiger partial charge in [-0.25, -0.2) is 0 Å². The zero-order chi connectivity index (χ0) is 48.1. The highest BCUT2D eigenvalue weighted by molar-refractivity contribution is 6.12. The first-order chi connectivity index (χ1) is 36.1. The van der Waals surface area contributed by atoms with Crippen LogP contribution in [0.15, 0.2) is 258 Å². The van der Waals surface area contributed by atoms with Crippen LogP contribution in [0, 0.1) is 0 Å². The fraction of sp³-hybridized carbons (Fsp3) is 0. The first kappa shape index (κ1) is 40.9. The molecule has 0 bridgehead atoms. The summed E-state index contributed by atoms with van der Waals surface area (Å²) in [5.41, 5.74) is 17.2. The van der Waals surface area contributed by atoms with Gasteiger partial charge < -0.3 is 23.2 Å². The fourth-order valence-corrected chi connectivity index (χ4v) is 11.2. The van der Waals surface area contributed by atoms with Gasteiger partial charge in [-0.2, -0.15) is 0 Å². The van der Waals surface area contributed by atoms with Crippen molar-refractivity contribution in [3.05, 3.63) is 259 Å². The molecule has 4 heterocycles. The number of nitrogens with zero attached hydrogens (tertiary/aromatic N) is 3. The second-order valence-electron chi connectivity index (χ2n) is 18.8. The normalized spacial score (nSPS) is 12.2. The maximum Gasteiger partial charge on any atom is 0.200 e. The number of benzene rings is 11. The molecule has 1 aliphatic rings. The quantitative estimate of drug-likeness (QED) is 0.156. The van der Waals surface area contributed by atoms with E-state index in [4.69, 9.17) is 9.15 Å². The van der Waals surface area contributed by atoms with Crippen LogP contribution in [0.25, 0.3) is 110 Å². The van der Waals surface area contributed by atoms with Crippen LogP contribution in [0.4, 0.5) is 17.1 Å². The number of aromatic nitrogens is 2. The summed E-state index contributed by atoms with van der Waals surface area (Å²) in [4.78, 5) is 15.7. The average molecular weight is 936 g/mol. The van der Waals surface area contributed by atoms with Crippen molar-refractivity contribution in [2.45, 2.75) is 0 Å². The molecule has 14 aromatic rings. The molecule has 15 rings (SSSR count). The van der Waals surface area contributed by atoms with Crippen molar-refractivity contribution in [1.82, 2.24) is 9.13 Å². The number of hydrogen-bond donors (Lipinski definition) is 0. The lowest BCUT2D eigenvalue weighted by atomic mass is 9.99. The molecule has 0 amide bonds. The predicted molar refractivity (Wildman–Crippen MR) is 300 cm³/mol. The molecule has 0 saturated carbocycles. The Morgan fingerprint density at radius 1 is 0.288 bits per heavy atom. The van der Waals surface area contributed by atoms with Crippen molar-refractivity contribution in [3.8, 4) is 56.3 Å². The summed E-state index contributed by atoms with van der Waals surface area (Å²) in [5.74, 6) is 1.52. The van der Waals surface area contributed by atoms with E-state index >= 15 is 0 Å². The maximum absolute atomic E-state index is 13.4. The average Bonchev–Trinajstić information content (AvgIpc) is 3.97. The number of para-hydroxylation sites is 5. The van der Waals surface area contributed by atoms with Gasteiger partial charge in [0.2, 0.25) is 5.43 Å². The highest BCUT2D eigenvalue weighted by Gasteiger charge is 2.28. The summed E-state index contributed by atoms with van der Waals surface area (Å²) in [6, 6.07) is 86.9. The molecule has 73 heavy (non-hydrogen) atoms. The summed E-state index contributed by atoms with van der Waals surface area (Å²) in [6.45, 7) is 0. The van der Waals surface area contributed by atoms with Crippen molar-refractivity contribution in [2.24, 2.45) is 0 Å². The van der Waals surface area contributed by atoms with E-state index in [9.17, 15) is 4.79 Å². The van der Waals surface area contributed by atoms with Crippen molar-refractivity contribution >= 4 is 82.6 Å². The van der Waals surface area contributed by atoms with Crippen molar-refractivity contribution in [1.29, 1.82) is 0 Å². The Kier molecular flexibility index (Phi) is 9.01. The Morgan fingerprint density at radius 3 is 1.29 bits per heavy atom. The molecular weight excluding hydrogens is 895 g/mol. The summed E-state index contributed by atoms with van der Waals surface area (Å²) in [6.07, 6.45) is 0. The molecule has 342 valence electrons. The van der Waals surface area contributed by atoms with Crippen LogP contribution >= 0.6 is 0 Å². The lowest BCUT2D eigenvalue weighted by Crippen LogP contribution is -2.16. The van der Waals surface area contributed by atoms with Crippen molar-refractivity contribution in [2.75, 3.05) is 4.90 Å². The molecule has 0 fully saturated rings. The summed E-state index contributed by atoms with van der Waals surface area (Å²) >= 11 is 0. The van der Waals surface area contributed by atoms with E-state index in [1.807, 2.05) is 42.5 Å². The second-order valence-corrected chi connectivity index (χ2v) is 18.8. The molecule has 0 spiro atoms. The van der Waals surface area contributed by atoms with Crippen LogP contribution in [0.5, 0.6) is 11.5 Å². The molecule has 3 aromatic heterocycles. The number of fused-ring (bicyclic) bond motifs is 10. The third-order valence-electron chi connectivity index (χ3n) is 14.7. The molecular formula is C67H41N3O3. The second kappa shape index (κ2) is 16.1. The Labute approximate surface area is 419 Å². The first-order valence-corrected chi connectivity index (χ1v) is 24.6. The molecule has 0 radical (unpaired) electrons. The van der Waals surface area contributed by atoms with Gasteiger partial charge in [0.25, 0.3) is 0 Å². The van der Waals surface area contributed by atoms with Gasteiger partial charge in [-0.1, -0.05) is 127 Å². The smallest absolute Gasteiger partial charge is 0.200 e. The molecule has 6 nitrogen and oxygen atoms in total. The van der Waals surface area contributed by atoms with Gasteiger partial charge in [0, 0.05) is 38.6 Å². The molecule has 0 unspecified atom stereocenters. The Balaban J connectivity index is 0.854. The monoisotopic (exact) mass is 935 g/mol. The fourth-order valence-electron chi connectivity index (χ4n) is 11.2. The standard InChI is InChI=1S/C67H41N3O3/c71-67-53-19-9-12-22-63(53)72-64-39-45(25-32-54(64)67)42-23-30-50(31-24-42)70-61-35-28-46(43-26-33-59-55(37-43)51-17-7-10-20-57(51)68(59)48-13-3-1-4-14-48)40-65(61)73-66-41-47(29-36-62(66)70)44-27-34-60-56(38-44)52-18-8-11-21-58(52)69(60)49-15-5-2-6-16-49/h1-41H. The highest BCUT2D eigenvalue weighted by Crippen LogP contribution is 2.53. The largest absolute Gasteiger partial charge is 0.456 e. The Morgan fingerprint density at radius 2 is 0.712 bits per heavy atom. The first-order valence-electron chi connectivity index (χ1n) is 24.6. The van der Waals surface area contributed by atoms with Gasteiger partial charge in [-0.05, 0) is 155 Å². The van der Waals surface area contributed by atoms with E-state index < -0.39 is 0 Å². The van der Waals surface area contributed by atoms with Gasteiger partial charge in [-0.15, -0.1) is 0 Å². The number of hydrogen-bond acceptors (Lipinski definition) is 4. The van der Waals surface area contributed by atoms with Crippen LogP contribution in [-0.4, -0.2) is 9.13 Å². The van der Waals surface area contributed by atoms with E-state index in [1.54, 1.807) is 0 Å². The zero-order valence-electron chi connectivity index (χ0n) is 39.2.